The number of benzene rings is 1. The molecule has 0 bridgehead atoms. The molecule has 1 saturated heterocycles. The molecule has 0 unspecified atom stereocenters. The van der Waals surface area contributed by atoms with E-state index in [1.807, 2.05) is 6.92 Å². The highest BCUT2D eigenvalue weighted by molar-refractivity contribution is 5.97. The van der Waals surface area contributed by atoms with E-state index in [0.717, 1.165) is 0 Å². The molecule has 1 fully saturated rings. The fraction of sp³-hybridized carbons (Fsp3) is 0.579. The third-order valence-corrected chi connectivity index (χ3v) is 4.71. The number of hydrogen-bond acceptors (Lipinski definition) is 2. The molecule has 1 aromatic rings. The lowest BCUT2D eigenvalue weighted by Crippen LogP contribution is -2.93. The normalized spacial score (nSPS) is 17.3. The number of nitrogens with two attached hydrogens (primary N) is 1. The molecule has 0 saturated carbocycles. The third kappa shape index (κ3) is 4.15. The Bertz CT molecular complexity index is 581. The first-order chi connectivity index (χ1) is 11.3. The maximum absolute atomic E-state index is 12.5. The zero-order chi connectivity index (χ0) is 17.9. The van der Waals surface area contributed by atoms with Gasteiger partial charge in [0.2, 0.25) is 0 Å². The van der Waals surface area contributed by atoms with Crippen LogP contribution in [0.25, 0.3) is 0 Å². The minimum atomic E-state index is -0.286. The quantitative estimate of drug-likeness (QED) is 0.837. The van der Waals surface area contributed by atoms with Gasteiger partial charge < -0.3 is 10.6 Å². The molecule has 2 atom stereocenters. The Morgan fingerprint density at radius 3 is 2.12 bits per heavy atom. The van der Waals surface area contributed by atoms with Crippen LogP contribution in [0.1, 0.15) is 57.7 Å². The summed E-state index contributed by atoms with van der Waals surface area (Å²) in [6.07, 6.45) is 0. The molecule has 24 heavy (non-hydrogen) atoms. The predicted molar refractivity (Wildman–Crippen MR) is 94.6 cm³/mol. The molecule has 1 aliphatic heterocycles. The van der Waals surface area contributed by atoms with Crippen molar-refractivity contribution in [3.8, 4) is 0 Å². The van der Waals surface area contributed by atoms with Crippen molar-refractivity contribution in [2.75, 3.05) is 13.1 Å². The summed E-state index contributed by atoms with van der Waals surface area (Å²) in [4.78, 5) is 25.5. The topological polar surface area (TPSA) is 66.0 Å². The van der Waals surface area contributed by atoms with Crippen molar-refractivity contribution in [3.63, 3.8) is 0 Å². The first-order valence-corrected chi connectivity index (χ1v) is 8.85. The molecule has 0 spiro atoms. The van der Waals surface area contributed by atoms with Gasteiger partial charge in [0.1, 0.15) is 6.04 Å². The number of nitrogens with zero attached hydrogens (tertiary/aromatic N) is 1. The van der Waals surface area contributed by atoms with Crippen LogP contribution in [0.2, 0.25) is 0 Å². The van der Waals surface area contributed by atoms with E-state index in [2.05, 4.69) is 62.6 Å². The Hall–Kier alpha value is -1.88. The number of carbonyl (C=O) groups excluding carboxylic acids is 2. The number of imide groups is 1. The number of rotatable bonds is 6. The molecular weight excluding hydrogens is 302 g/mol. The number of carbonyl (C=O) groups is 2. The monoisotopic (exact) mass is 332 g/mol. The number of amides is 3. The highest BCUT2D eigenvalue weighted by atomic mass is 16.2. The van der Waals surface area contributed by atoms with Crippen molar-refractivity contribution in [2.45, 2.75) is 52.6 Å². The van der Waals surface area contributed by atoms with Gasteiger partial charge in [0.15, 0.2) is 6.04 Å². The summed E-state index contributed by atoms with van der Waals surface area (Å²) in [7, 11) is 0. The Balaban J connectivity index is 2.10. The van der Waals surface area contributed by atoms with Gasteiger partial charge in [-0.2, -0.15) is 0 Å². The summed E-state index contributed by atoms with van der Waals surface area (Å²) in [6.45, 7) is 11.6. The van der Waals surface area contributed by atoms with Gasteiger partial charge in [-0.15, -0.1) is 0 Å². The van der Waals surface area contributed by atoms with E-state index in [1.165, 1.54) is 16.0 Å². The summed E-state index contributed by atoms with van der Waals surface area (Å²) >= 11 is 0. The molecule has 3 amide bonds. The van der Waals surface area contributed by atoms with Crippen LogP contribution in [0.15, 0.2) is 24.3 Å². The van der Waals surface area contributed by atoms with E-state index in [9.17, 15) is 9.59 Å². The van der Waals surface area contributed by atoms with Gasteiger partial charge in [0, 0.05) is 24.6 Å². The largest absolute Gasteiger partial charge is 0.336 e. The van der Waals surface area contributed by atoms with Crippen molar-refractivity contribution < 1.29 is 14.9 Å². The Labute approximate surface area is 144 Å². The minimum absolute atomic E-state index is 0.116. The van der Waals surface area contributed by atoms with Crippen LogP contribution < -0.4 is 10.6 Å². The average Bonchev–Trinajstić information content (AvgIpc) is 2.97. The fourth-order valence-corrected chi connectivity index (χ4v) is 3.14. The van der Waals surface area contributed by atoms with Gasteiger partial charge in [0.25, 0.3) is 5.91 Å². The number of quaternary nitrogens is 1. The SMILES string of the molecule is CC(C)c1ccc([C@H]([NH2+][C@@H](C)C(=O)N2CCNC2=O)C(C)C)cc1. The van der Waals surface area contributed by atoms with Crippen LogP contribution in [-0.2, 0) is 4.79 Å². The first-order valence-electron chi connectivity index (χ1n) is 8.85. The van der Waals surface area contributed by atoms with Gasteiger partial charge >= 0.3 is 6.03 Å². The third-order valence-electron chi connectivity index (χ3n) is 4.71. The minimum Gasteiger partial charge on any atom is -0.336 e. The highest BCUT2D eigenvalue weighted by Gasteiger charge is 2.34. The lowest BCUT2D eigenvalue weighted by molar-refractivity contribution is -0.719. The van der Waals surface area contributed by atoms with Gasteiger partial charge in [0.05, 0.1) is 0 Å². The number of hydrogen-bond donors (Lipinski definition) is 2. The van der Waals surface area contributed by atoms with Crippen LogP contribution in [0.5, 0.6) is 0 Å². The van der Waals surface area contributed by atoms with Crippen LogP contribution in [-0.4, -0.2) is 36.0 Å². The van der Waals surface area contributed by atoms with Gasteiger partial charge in [-0.25, -0.2) is 4.79 Å². The van der Waals surface area contributed by atoms with Gasteiger partial charge in [-0.05, 0) is 18.4 Å². The van der Waals surface area contributed by atoms with Gasteiger partial charge in [-0.3, -0.25) is 9.69 Å². The predicted octanol–water partition coefficient (Wildman–Crippen LogP) is 2.01. The molecule has 0 aromatic heterocycles. The maximum Gasteiger partial charge on any atom is 0.324 e. The maximum atomic E-state index is 12.5. The van der Waals surface area contributed by atoms with Crippen LogP contribution >= 0.6 is 0 Å². The second kappa shape index (κ2) is 7.79. The van der Waals surface area contributed by atoms with Crippen molar-refractivity contribution in [2.24, 2.45) is 5.92 Å². The van der Waals surface area contributed by atoms with Crippen LogP contribution in [0, 0.1) is 5.92 Å². The van der Waals surface area contributed by atoms with Crippen molar-refractivity contribution in [1.82, 2.24) is 10.2 Å². The summed E-state index contributed by atoms with van der Waals surface area (Å²) in [5.41, 5.74) is 2.54. The summed E-state index contributed by atoms with van der Waals surface area (Å²) in [5.74, 6) is 0.779. The summed E-state index contributed by atoms with van der Waals surface area (Å²) < 4.78 is 0. The zero-order valence-corrected chi connectivity index (χ0v) is 15.4. The standard InChI is InChI=1S/C19H29N3O2/c1-12(2)15-6-8-16(9-7-15)17(13(3)4)21-14(5)18(23)22-11-10-20-19(22)24/h6-9,12-14,17,21H,10-11H2,1-5H3,(H,20,24)/p+1/t14-,17+/m0/s1. The first kappa shape index (κ1) is 18.5. The van der Waals surface area contributed by atoms with E-state index in [0.29, 0.717) is 24.9 Å². The Kier molecular flexibility index (Phi) is 5.99. The van der Waals surface area contributed by atoms with Crippen molar-refractivity contribution in [1.29, 1.82) is 0 Å². The van der Waals surface area contributed by atoms with E-state index >= 15 is 0 Å². The van der Waals surface area contributed by atoms with Crippen molar-refractivity contribution in [3.05, 3.63) is 35.4 Å². The highest BCUT2D eigenvalue weighted by Crippen LogP contribution is 2.21. The average molecular weight is 332 g/mol. The Morgan fingerprint density at radius 2 is 1.67 bits per heavy atom. The van der Waals surface area contributed by atoms with Gasteiger partial charge in [-0.1, -0.05) is 52.0 Å². The van der Waals surface area contributed by atoms with E-state index in [1.54, 1.807) is 0 Å². The molecule has 1 aromatic carbocycles. The molecule has 132 valence electrons. The van der Waals surface area contributed by atoms with Crippen LogP contribution in [0.3, 0.4) is 0 Å². The summed E-state index contributed by atoms with van der Waals surface area (Å²) in [6, 6.07) is 8.30. The Morgan fingerprint density at radius 1 is 1.08 bits per heavy atom. The molecule has 1 aliphatic rings. The summed E-state index contributed by atoms with van der Waals surface area (Å²) in [5, 5.41) is 4.77. The molecule has 3 N–H and O–H groups in total. The molecular formula is C19H30N3O2+. The number of urea groups is 1. The smallest absolute Gasteiger partial charge is 0.324 e. The molecule has 0 radical (unpaired) electrons. The fourth-order valence-electron chi connectivity index (χ4n) is 3.14. The lowest BCUT2D eigenvalue weighted by atomic mass is 9.93. The molecule has 2 rings (SSSR count). The second-order valence-corrected chi connectivity index (χ2v) is 7.29. The van der Waals surface area contributed by atoms with E-state index < -0.39 is 0 Å². The molecule has 5 nitrogen and oxygen atoms in total. The van der Waals surface area contributed by atoms with E-state index in [4.69, 9.17) is 0 Å². The van der Waals surface area contributed by atoms with Crippen molar-refractivity contribution >= 4 is 11.9 Å². The molecule has 5 heteroatoms. The number of nitrogens with one attached hydrogen (secondary N) is 1. The van der Waals surface area contributed by atoms with E-state index in [-0.39, 0.29) is 24.0 Å². The van der Waals surface area contributed by atoms with Crippen LogP contribution in [0.4, 0.5) is 4.79 Å². The lowest BCUT2D eigenvalue weighted by Gasteiger charge is -2.25. The molecule has 1 heterocycles. The zero-order valence-electron chi connectivity index (χ0n) is 15.4. The molecule has 0 aliphatic carbocycles. The second-order valence-electron chi connectivity index (χ2n) is 7.29.